The van der Waals surface area contributed by atoms with E-state index in [2.05, 4.69) is 15.9 Å². The van der Waals surface area contributed by atoms with Gasteiger partial charge >= 0.3 is 5.97 Å². The third-order valence-electron chi connectivity index (χ3n) is 3.05. The summed E-state index contributed by atoms with van der Waals surface area (Å²) in [5.74, 6) is 0.176. The van der Waals surface area contributed by atoms with Crippen LogP contribution in [0, 0.1) is 5.92 Å². The highest BCUT2D eigenvalue weighted by molar-refractivity contribution is 9.10. The fourth-order valence-electron chi connectivity index (χ4n) is 2.12. The van der Waals surface area contributed by atoms with E-state index in [9.17, 15) is 9.59 Å². The second-order valence-corrected chi connectivity index (χ2v) is 5.19. The van der Waals surface area contributed by atoms with Crippen molar-refractivity contribution in [2.75, 3.05) is 6.61 Å². The van der Waals surface area contributed by atoms with Crippen LogP contribution in [0.3, 0.4) is 0 Å². The largest absolute Gasteiger partial charge is 0.465 e. The van der Waals surface area contributed by atoms with E-state index < -0.39 is 10.8 Å². The number of hydrogen-bond donors (Lipinski definition) is 0. The summed E-state index contributed by atoms with van der Waals surface area (Å²) in [5.41, 5.74) is 0. The maximum absolute atomic E-state index is 11.7. The predicted octanol–water partition coefficient (Wildman–Crippen LogP) is 2.85. The lowest BCUT2D eigenvalue weighted by Gasteiger charge is -2.10. The zero-order chi connectivity index (χ0) is 12.0. The minimum absolute atomic E-state index is 0.0506. The Bertz CT molecular complexity index is 247. The molecule has 0 aromatic carbocycles. The van der Waals surface area contributed by atoms with Gasteiger partial charge in [-0.1, -0.05) is 41.6 Å². The molecule has 4 heteroatoms. The summed E-state index contributed by atoms with van der Waals surface area (Å²) in [6, 6.07) is 0. The molecule has 3 nitrogen and oxygen atoms in total. The molecule has 0 amide bonds. The lowest BCUT2D eigenvalue weighted by atomic mass is 9.99. The molecule has 0 spiro atoms. The highest BCUT2D eigenvalue weighted by Gasteiger charge is 2.25. The van der Waals surface area contributed by atoms with Gasteiger partial charge in [0.25, 0.3) is 0 Å². The van der Waals surface area contributed by atoms with E-state index in [1.54, 1.807) is 6.92 Å². The van der Waals surface area contributed by atoms with Crippen molar-refractivity contribution in [2.45, 2.75) is 50.3 Å². The van der Waals surface area contributed by atoms with Gasteiger partial charge in [-0.2, -0.15) is 0 Å². The molecule has 0 N–H and O–H groups in total. The van der Waals surface area contributed by atoms with Crippen molar-refractivity contribution in [1.29, 1.82) is 0 Å². The molecule has 1 rings (SSSR count). The van der Waals surface area contributed by atoms with E-state index in [0.29, 0.717) is 18.9 Å². The smallest absolute Gasteiger partial charge is 0.327 e. The molecule has 1 aliphatic carbocycles. The topological polar surface area (TPSA) is 43.4 Å². The molecule has 0 saturated heterocycles. The minimum atomic E-state index is -0.770. The first-order chi connectivity index (χ1) is 7.65. The highest BCUT2D eigenvalue weighted by Crippen LogP contribution is 2.29. The normalized spacial score (nSPS) is 18.4. The van der Waals surface area contributed by atoms with Crippen LogP contribution in [0.2, 0.25) is 0 Å². The zero-order valence-electron chi connectivity index (χ0n) is 9.71. The number of hydrogen-bond acceptors (Lipinski definition) is 3. The van der Waals surface area contributed by atoms with E-state index in [1.807, 2.05) is 0 Å². The number of esters is 1. The first kappa shape index (κ1) is 13.7. The van der Waals surface area contributed by atoms with Gasteiger partial charge < -0.3 is 4.74 Å². The van der Waals surface area contributed by atoms with Gasteiger partial charge in [-0.3, -0.25) is 9.59 Å². The Morgan fingerprint density at radius 3 is 2.56 bits per heavy atom. The number of Topliss-reactive ketones (excluding diaryl/α,β-unsaturated/α-hetero) is 1. The van der Waals surface area contributed by atoms with E-state index in [0.717, 1.165) is 6.42 Å². The minimum Gasteiger partial charge on any atom is -0.465 e. The molecule has 0 aromatic rings. The molecule has 0 aliphatic heterocycles. The van der Waals surface area contributed by atoms with Crippen LogP contribution in [-0.2, 0) is 14.3 Å². The van der Waals surface area contributed by atoms with Gasteiger partial charge in [0.1, 0.15) is 0 Å². The van der Waals surface area contributed by atoms with Gasteiger partial charge in [0.15, 0.2) is 10.6 Å². The lowest BCUT2D eigenvalue weighted by Crippen LogP contribution is -2.26. The molecule has 0 bridgehead atoms. The highest BCUT2D eigenvalue weighted by atomic mass is 79.9. The number of halogens is 1. The summed E-state index contributed by atoms with van der Waals surface area (Å²) < 4.78 is 4.79. The van der Waals surface area contributed by atoms with Crippen molar-refractivity contribution in [1.82, 2.24) is 0 Å². The molecule has 0 radical (unpaired) electrons. The molecule has 0 aromatic heterocycles. The number of carbonyl (C=O) groups excluding carboxylic acids is 2. The molecular formula is C12H19BrO3. The summed E-state index contributed by atoms with van der Waals surface area (Å²) in [4.78, 5) is 22.2. The molecule has 1 aliphatic rings. The van der Waals surface area contributed by atoms with Crippen LogP contribution < -0.4 is 0 Å². The van der Waals surface area contributed by atoms with Crippen molar-refractivity contribution < 1.29 is 14.3 Å². The summed E-state index contributed by atoms with van der Waals surface area (Å²) in [7, 11) is 0. The molecule has 1 atom stereocenters. The predicted molar refractivity (Wildman–Crippen MR) is 65.5 cm³/mol. The maximum Gasteiger partial charge on any atom is 0.327 e. The van der Waals surface area contributed by atoms with Crippen molar-refractivity contribution in [3.63, 3.8) is 0 Å². The number of alkyl halides is 1. The zero-order valence-corrected chi connectivity index (χ0v) is 11.3. The van der Waals surface area contributed by atoms with Gasteiger partial charge in [0.05, 0.1) is 6.61 Å². The fourth-order valence-corrected chi connectivity index (χ4v) is 2.48. The van der Waals surface area contributed by atoms with Crippen LogP contribution in [0.15, 0.2) is 0 Å². The second kappa shape index (κ2) is 7.05. The Hall–Kier alpha value is -0.380. The average Bonchev–Trinajstić information content (AvgIpc) is 2.78. The van der Waals surface area contributed by atoms with Crippen LogP contribution in [0.25, 0.3) is 0 Å². The van der Waals surface area contributed by atoms with Gasteiger partial charge in [-0.05, 0) is 19.3 Å². The van der Waals surface area contributed by atoms with Gasteiger partial charge in [-0.25, -0.2) is 0 Å². The summed E-state index contributed by atoms with van der Waals surface area (Å²) >= 11 is 3.10. The molecule has 16 heavy (non-hydrogen) atoms. The standard InChI is InChI=1S/C12H19BrO3/c1-2-16-12(15)11(13)10(14)8-7-9-5-3-4-6-9/h9,11H,2-8H2,1H3. The van der Waals surface area contributed by atoms with Crippen molar-refractivity contribution in [3.8, 4) is 0 Å². The third-order valence-corrected chi connectivity index (χ3v) is 3.93. The van der Waals surface area contributed by atoms with Crippen LogP contribution in [0.4, 0.5) is 0 Å². The summed E-state index contributed by atoms with van der Waals surface area (Å²) in [5, 5.41) is 0. The fraction of sp³-hybridized carbons (Fsp3) is 0.833. The monoisotopic (exact) mass is 290 g/mol. The number of rotatable bonds is 6. The third kappa shape index (κ3) is 4.24. The van der Waals surface area contributed by atoms with E-state index in [4.69, 9.17) is 4.74 Å². The molecule has 1 fully saturated rings. The van der Waals surface area contributed by atoms with Gasteiger partial charge in [0, 0.05) is 6.42 Å². The number of carbonyl (C=O) groups is 2. The number of ketones is 1. The van der Waals surface area contributed by atoms with Gasteiger partial charge in [-0.15, -0.1) is 0 Å². The Balaban J connectivity index is 2.25. The van der Waals surface area contributed by atoms with E-state index >= 15 is 0 Å². The van der Waals surface area contributed by atoms with Crippen LogP contribution in [-0.4, -0.2) is 23.2 Å². The molecule has 1 saturated carbocycles. The quantitative estimate of drug-likeness (QED) is 0.429. The van der Waals surface area contributed by atoms with Crippen molar-refractivity contribution in [3.05, 3.63) is 0 Å². The van der Waals surface area contributed by atoms with Crippen LogP contribution in [0.5, 0.6) is 0 Å². The van der Waals surface area contributed by atoms with Crippen LogP contribution in [0.1, 0.15) is 45.4 Å². The Labute approximate surface area is 105 Å². The SMILES string of the molecule is CCOC(=O)C(Br)C(=O)CCC1CCCC1. The Kier molecular flexibility index (Phi) is 6.03. The average molecular weight is 291 g/mol. The van der Waals surface area contributed by atoms with Gasteiger partial charge in [0.2, 0.25) is 0 Å². The van der Waals surface area contributed by atoms with Crippen molar-refractivity contribution >= 4 is 27.7 Å². The first-order valence-corrected chi connectivity index (χ1v) is 6.90. The summed E-state index contributed by atoms with van der Waals surface area (Å²) in [6.45, 7) is 2.05. The Morgan fingerprint density at radius 2 is 2.00 bits per heavy atom. The summed E-state index contributed by atoms with van der Waals surface area (Å²) in [6.07, 6.45) is 6.45. The van der Waals surface area contributed by atoms with E-state index in [-0.39, 0.29) is 5.78 Å². The molecule has 92 valence electrons. The second-order valence-electron chi connectivity index (χ2n) is 4.27. The van der Waals surface area contributed by atoms with Crippen LogP contribution >= 0.6 is 15.9 Å². The molecular weight excluding hydrogens is 272 g/mol. The molecule has 1 unspecified atom stereocenters. The first-order valence-electron chi connectivity index (χ1n) is 5.98. The Morgan fingerprint density at radius 1 is 1.38 bits per heavy atom. The van der Waals surface area contributed by atoms with Crippen molar-refractivity contribution in [2.24, 2.45) is 5.92 Å². The number of ether oxygens (including phenoxy) is 1. The van der Waals surface area contributed by atoms with E-state index in [1.165, 1.54) is 25.7 Å². The lowest BCUT2D eigenvalue weighted by molar-refractivity contribution is -0.144. The maximum atomic E-state index is 11.7. The molecule has 0 heterocycles.